The van der Waals surface area contributed by atoms with Crippen molar-refractivity contribution in [2.45, 2.75) is 25.4 Å². The predicted molar refractivity (Wildman–Crippen MR) is 64.9 cm³/mol. The van der Waals surface area contributed by atoms with E-state index in [4.69, 9.17) is 0 Å². The molecule has 0 bridgehead atoms. The van der Waals surface area contributed by atoms with Gasteiger partial charge in [-0.05, 0) is 28.5 Å². The third-order valence-electron chi connectivity index (χ3n) is 1.79. The maximum absolute atomic E-state index is 4.23. The summed E-state index contributed by atoms with van der Waals surface area (Å²) in [5, 5.41) is 0.890. The molecule has 0 aliphatic heterocycles. The third-order valence-corrected chi connectivity index (χ3v) is 3.55. The molecular formula is C9H13IN2S. The minimum absolute atomic E-state index is 0.743. The van der Waals surface area contributed by atoms with E-state index in [1.165, 1.54) is 6.42 Å². The zero-order chi connectivity index (χ0) is 9.68. The molecule has 1 atom stereocenters. The van der Waals surface area contributed by atoms with Crippen LogP contribution in [0.15, 0.2) is 17.6 Å². The van der Waals surface area contributed by atoms with Crippen molar-refractivity contribution in [3.8, 4) is 0 Å². The van der Waals surface area contributed by atoms with Crippen LogP contribution in [0.1, 0.15) is 20.3 Å². The van der Waals surface area contributed by atoms with Crippen LogP contribution in [0.5, 0.6) is 0 Å². The van der Waals surface area contributed by atoms with Gasteiger partial charge in [0.05, 0.1) is 0 Å². The Bertz CT molecular complexity index is 250. The van der Waals surface area contributed by atoms with Crippen molar-refractivity contribution in [2.75, 3.05) is 5.75 Å². The fourth-order valence-electron chi connectivity index (χ4n) is 0.710. The smallest absolute Gasteiger partial charge is 0.187 e. The quantitative estimate of drug-likeness (QED) is 0.485. The number of rotatable bonds is 4. The highest BCUT2D eigenvalue weighted by Gasteiger charge is 2.01. The first kappa shape index (κ1) is 11.2. The average Bonchev–Trinajstić information content (AvgIpc) is 2.16. The average molecular weight is 308 g/mol. The van der Waals surface area contributed by atoms with Gasteiger partial charge in [0.15, 0.2) is 5.16 Å². The molecule has 1 aromatic heterocycles. The Morgan fingerprint density at radius 2 is 2.08 bits per heavy atom. The summed E-state index contributed by atoms with van der Waals surface area (Å²) in [7, 11) is 0. The van der Waals surface area contributed by atoms with Gasteiger partial charge in [0, 0.05) is 21.7 Å². The molecule has 72 valence electrons. The van der Waals surface area contributed by atoms with Crippen LogP contribution >= 0.6 is 34.4 Å². The normalized spacial score (nSPS) is 12.8. The van der Waals surface area contributed by atoms with Crippen molar-refractivity contribution < 1.29 is 0 Å². The monoisotopic (exact) mass is 308 g/mol. The molecular weight excluding hydrogens is 295 g/mol. The largest absolute Gasteiger partial charge is 0.230 e. The summed E-state index contributed by atoms with van der Waals surface area (Å²) >= 11 is 3.95. The van der Waals surface area contributed by atoms with E-state index in [-0.39, 0.29) is 0 Å². The van der Waals surface area contributed by atoms with Gasteiger partial charge in [-0.15, -0.1) is 0 Å². The number of aromatic nitrogens is 2. The highest BCUT2D eigenvalue weighted by molar-refractivity contribution is 14.1. The molecule has 13 heavy (non-hydrogen) atoms. The van der Waals surface area contributed by atoms with E-state index in [0.29, 0.717) is 0 Å². The van der Waals surface area contributed by atoms with Crippen molar-refractivity contribution in [1.82, 2.24) is 9.97 Å². The van der Waals surface area contributed by atoms with Crippen molar-refractivity contribution in [3.05, 3.63) is 16.0 Å². The summed E-state index contributed by atoms with van der Waals surface area (Å²) < 4.78 is 1.09. The lowest BCUT2D eigenvalue weighted by atomic mass is 10.2. The summed E-state index contributed by atoms with van der Waals surface area (Å²) in [6.07, 6.45) is 4.93. The summed E-state index contributed by atoms with van der Waals surface area (Å²) in [4.78, 5) is 8.46. The standard InChI is InChI=1S/C9H13IN2S/c1-3-7(2)6-13-9-11-4-8(10)5-12-9/h4-5,7H,3,6H2,1-2H3. The molecule has 1 heterocycles. The van der Waals surface area contributed by atoms with E-state index >= 15 is 0 Å². The number of hydrogen-bond donors (Lipinski definition) is 0. The SMILES string of the molecule is CCC(C)CSc1ncc(I)cn1. The van der Waals surface area contributed by atoms with Crippen molar-refractivity contribution >= 4 is 34.4 Å². The first-order chi connectivity index (χ1) is 6.22. The lowest BCUT2D eigenvalue weighted by molar-refractivity contribution is 0.636. The van der Waals surface area contributed by atoms with Crippen LogP contribution in [0.3, 0.4) is 0 Å². The molecule has 1 rings (SSSR count). The molecule has 1 aromatic rings. The first-order valence-corrected chi connectivity index (χ1v) is 6.39. The highest BCUT2D eigenvalue weighted by atomic mass is 127. The van der Waals surface area contributed by atoms with Gasteiger partial charge in [-0.1, -0.05) is 32.0 Å². The van der Waals surface area contributed by atoms with Gasteiger partial charge in [-0.25, -0.2) is 9.97 Å². The fraction of sp³-hybridized carbons (Fsp3) is 0.556. The molecule has 0 aliphatic carbocycles. The van der Waals surface area contributed by atoms with E-state index in [1.807, 2.05) is 12.4 Å². The Hall–Kier alpha value is 0.160. The van der Waals surface area contributed by atoms with E-state index in [1.54, 1.807) is 11.8 Å². The summed E-state index contributed by atoms with van der Waals surface area (Å²) in [6, 6.07) is 0. The molecule has 0 N–H and O–H groups in total. The number of hydrogen-bond acceptors (Lipinski definition) is 3. The van der Waals surface area contributed by atoms with Crippen LogP contribution < -0.4 is 0 Å². The van der Waals surface area contributed by atoms with Crippen LogP contribution in [0, 0.1) is 9.49 Å². The van der Waals surface area contributed by atoms with Gasteiger partial charge >= 0.3 is 0 Å². The van der Waals surface area contributed by atoms with Crippen LogP contribution in [-0.2, 0) is 0 Å². The second-order valence-corrected chi connectivity index (χ2v) is 5.24. The second-order valence-electron chi connectivity index (χ2n) is 3.01. The minimum Gasteiger partial charge on any atom is -0.230 e. The molecule has 0 amide bonds. The van der Waals surface area contributed by atoms with Gasteiger partial charge in [0.2, 0.25) is 0 Å². The second kappa shape index (κ2) is 5.80. The van der Waals surface area contributed by atoms with Crippen LogP contribution in [0.2, 0.25) is 0 Å². The molecule has 0 spiro atoms. The van der Waals surface area contributed by atoms with Crippen LogP contribution in [0.25, 0.3) is 0 Å². The van der Waals surface area contributed by atoms with Gasteiger partial charge in [0.1, 0.15) is 0 Å². The Morgan fingerprint density at radius 1 is 1.46 bits per heavy atom. The Labute approximate surface area is 97.1 Å². The predicted octanol–water partition coefficient (Wildman–Crippen LogP) is 3.22. The molecule has 0 fully saturated rings. The molecule has 0 aliphatic rings. The summed E-state index contributed by atoms with van der Waals surface area (Å²) in [5.74, 6) is 1.85. The molecule has 0 saturated carbocycles. The van der Waals surface area contributed by atoms with Gasteiger partial charge < -0.3 is 0 Å². The number of nitrogens with zero attached hydrogens (tertiary/aromatic N) is 2. The molecule has 4 heteroatoms. The molecule has 0 radical (unpaired) electrons. The molecule has 1 unspecified atom stereocenters. The van der Waals surface area contributed by atoms with E-state index in [2.05, 4.69) is 46.4 Å². The fourth-order valence-corrected chi connectivity index (χ4v) is 1.91. The topological polar surface area (TPSA) is 25.8 Å². The Morgan fingerprint density at radius 3 is 2.62 bits per heavy atom. The Balaban J connectivity index is 2.41. The first-order valence-electron chi connectivity index (χ1n) is 4.32. The maximum Gasteiger partial charge on any atom is 0.187 e. The summed E-state index contributed by atoms with van der Waals surface area (Å²) in [5.41, 5.74) is 0. The Kier molecular flexibility index (Phi) is 5.01. The highest BCUT2D eigenvalue weighted by Crippen LogP contribution is 2.17. The minimum atomic E-state index is 0.743. The zero-order valence-corrected chi connectivity index (χ0v) is 10.8. The van der Waals surface area contributed by atoms with Gasteiger partial charge in [-0.3, -0.25) is 0 Å². The van der Waals surface area contributed by atoms with Crippen LogP contribution in [-0.4, -0.2) is 15.7 Å². The van der Waals surface area contributed by atoms with Crippen molar-refractivity contribution in [3.63, 3.8) is 0 Å². The summed E-state index contributed by atoms with van der Waals surface area (Å²) in [6.45, 7) is 4.46. The van der Waals surface area contributed by atoms with Crippen LogP contribution in [0.4, 0.5) is 0 Å². The third kappa shape index (κ3) is 4.26. The van der Waals surface area contributed by atoms with E-state index in [9.17, 15) is 0 Å². The number of halogens is 1. The van der Waals surface area contributed by atoms with Gasteiger partial charge in [-0.2, -0.15) is 0 Å². The van der Waals surface area contributed by atoms with E-state index < -0.39 is 0 Å². The maximum atomic E-state index is 4.23. The van der Waals surface area contributed by atoms with Crippen molar-refractivity contribution in [2.24, 2.45) is 5.92 Å². The van der Waals surface area contributed by atoms with Gasteiger partial charge in [0.25, 0.3) is 0 Å². The van der Waals surface area contributed by atoms with E-state index in [0.717, 1.165) is 20.4 Å². The zero-order valence-electron chi connectivity index (χ0n) is 7.83. The molecule has 0 aromatic carbocycles. The number of thioether (sulfide) groups is 1. The lowest BCUT2D eigenvalue weighted by Crippen LogP contribution is -1.97. The molecule has 2 nitrogen and oxygen atoms in total. The lowest BCUT2D eigenvalue weighted by Gasteiger charge is -2.05. The molecule has 0 saturated heterocycles. The van der Waals surface area contributed by atoms with Crippen molar-refractivity contribution in [1.29, 1.82) is 0 Å².